The molecule has 0 saturated carbocycles. The molecule has 140 valence electrons. The minimum absolute atomic E-state index is 0.488. The predicted octanol–water partition coefficient (Wildman–Crippen LogP) is 6.58. The fraction of sp³-hybridized carbons (Fsp3) is 0. The summed E-state index contributed by atoms with van der Waals surface area (Å²) >= 11 is 1.45. The molecule has 1 heterocycles. The lowest BCUT2D eigenvalue weighted by Gasteiger charge is -2.07. The van der Waals surface area contributed by atoms with Crippen molar-refractivity contribution < 1.29 is 4.74 Å². The first-order valence-corrected chi connectivity index (χ1v) is 9.91. The van der Waals surface area contributed by atoms with Gasteiger partial charge < -0.3 is 10.1 Å². The highest BCUT2D eigenvalue weighted by Crippen LogP contribution is 2.26. The first kappa shape index (κ1) is 18.5. The largest absolute Gasteiger partial charge is 0.457 e. The van der Waals surface area contributed by atoms with E-state index >= 15 is 0 Å². The molecule has 0 radical (unpaired) electrons. The summed E-state index contributed by atoms with van der Waals surface area (Å²) in [6, 6.07) is 29.3. The standard InChI is InChI=1S/C24H17N3OS/c25-15-19(24-27-23(17-29-24)18-7-3-1-4-8-18)16-26-20-11-13-22(14-12-20)28-21-9-5-2-6-10-21/h1-14,16-17,26H. The number of thiazole rings is 1. The second kappa shape index (κ2) is 8.87. The molecular weight excluding hydrogens is 378 g/mol. The van der Waals surface area contributed by atoms with Gasteiger partial charge in [-0.2, -0.15) is 5.26 Å². The smallest absolute Gasteiger partial charge is 0.136 e. The summed E-state index contributed by atoms with van der Waals surface area (Å²) < 4.78 is 5.79. The summed E-state index contributed by atoms with van der Waals surface area (Å²) in [5.41, 5.74) is 3.25. The van der Waals surface area contributed by atoms with Crippen molar-refractivity contribution in [1.82, 2.24) is 4.98 Å². The van der Waals surface area contributed by atoms with E-state index in [0.717, 1.165) is 28.4 Å². The predicted molar refractivity (Wildman–Crippen MR) is 118 cm³/mol. The second-order valence-corrected chi connectivity index (χ2v) is 7.02. The van der Waals surface area contributed by atoms with Crippen LogP contribution < -0.4 is 10.1 Å². The van der Waals surface area contributed by atoms with Crippen molar-refractivity contribution in [2.75, 3.05) is 5.32 Å². The zero-order valence-electron chi connectivity index (χ0n) is 15.4. The third-order valence-corrected chi connectivity index (χ3v) is 5.02. The average molecular weight is 395 g/mol. The molecule has 29 heavy (non-hydrogen) atoms. The lowest BCUT2D eigenvalue weighted by Crippen LogP contribution is -1.91. The molecule has 0 aliphatic rings. The van der Waals surface area contributed by atoms with Gasteiger partial charge in [-0.1, -0.05) is 48.5 Å². The first-order valence-electron chi connectivity index (χ1n) is 9.03. The van der Waals surface area contributed by atoms with Crippen molar-refractivity contribution in [3.05, 3.63) is 102 Å². The van der Waals surface area contributed by atoms with E-state index in [4.69, 9.17) is 4.74 Å². The number of nitrogens with one attached hydrogen (secondary N) is 1. The van der Waals surface area contributed by atoms with Gasteiger partial charge in [0.15, 0.2) is 0 Å². The Labute approximate surface area is 173 Å². The lowest BCUT2D eigenvalue weighted by molar-refractivity contribution is 0.483. The summed E-state index contributed by atoms with van der Waals surface area (Å²) in [5, 5.41) is 15.3. The van der Waals surface area contributed by atoms with Gasteiger partial charge in [-0.15, -0.1) is 11.3 Å². The Hall–Kier alpha value is -3.88. The van der Waals surface area contributed by atoms with E-state index < -0.39 is 0 Å². The van der Waals surface area contributed by atoms with Crippen LogP contribution in [0.25, 0.3) is 16.8 Å². The zero-order valence-corrected chi connectivity index (χ0v) is 16.3. The molecule has 4 rings (SSSR count). The normalized spacial score (nSPS) is 10.9. The minimum Gasteiger partial charge on any atom is -0.457 e. The molecule has 0 aliphatic carbocycles. The van der Waals surface area contributed by atoms with Crippen LogP contribution >= 0.6 is 11.3 Å². The second-order valence-electron chi connectivity index (χ2n) is 6.16. The Morgan fingerprint density at radius 2 is 1.55 bits per heavy atom. The van der Waals surface area contributed by atoms with Gasteiger partial charge in [0.1, 0.15) is 28.1 Å². The summed E-state index contributed by atoms with van der Waals surface area (Å²) in [6.07, 6.45) is 1.68. The van der Waals surface area contributed by atoms with Crippen LogP contribution in [0.5, 0.6) is 11.5 Å². The van der Waals surface area contributed by atoms with Gasteiger partial charge in [0.05, 0.1) is 5.69 Å². The van der Waals surface area contributed by atoms with Gasteiger partial charge >= 0.3 is 0 Å². The number of aromatic nitrogens is 1. The van der Waals surface area contributed by atoms with Crippen LogP contribution in [-0.4, -0.2) is 4.98 Å². The molecule has 0 aliphatic heterocycles. The van der Waals surface area contributed by atoms with Crippen LogP contribution in [0, 0.1) is 11.3 Å². The summed E-state index contributed by atoms with van der Waals surface area (Å²) in [7, 11) is 0. The van der Waals surface area contributed by atoms with E-state index in [9.17, 15) is 5.26 Å². The molecule has 5 heteroatoms. The third-order valence-electron chi connectivity index (χ3n) is 4.14. The molecule has 1 aromatic heterocycles. The number of benzene rings is 3. The topological polar surface area (TPSA) is 57.9 Å². The number of nitriles is 1. The maximum absolute atomic E-state index is 9.53. The Bertz CT molecular complexity index is 1140. The van der Waals surface area contributed by atoms with E-state index in [-0.39, 0.29) is 0 Å². The van der Waals surface area contributed by atoms with Gasteiger partial charge in [-0.05, 0) is 36.4 Å². The summed E-state index contributed by atoms with van der Waals surface area (Å²) in [6.45, 7) is 0. The SMILES string of the molecule is N#CC(=CNc1ccc(Oc2ccccc2)cc1)c1nc(-c2ccccc2)cs1. The van der Waals surface area contributed by atoms with E-state index in [2.05, 4.69) is 16.4 Å². The van der Waals surface area contributed by atoms with E-state index in [1.807, 2.05) is 90.3 Å². The molecule has 0 fully saturated rings. The lowest BCUT2D eigenvalue weighted by atomic mass is 10.2. The quantitative estimate of drug-likeness (QED) is 0.375. The monoisotopic (exact) mass is 395 g/mol. The molecule has 0 unspecified atom stereocenters. The Morgan fingerprint density at radius 3 is 2.24 bits per heavy atom. The van der Waals surface area contributed by atoms with Crippen molar-refractivity contribution in [1.29, 1.82) is 5.26 Å². The number of ether oxygens (including phenoxy) is 1. The maximum atomic E-state index is 9.53. The summed E-state index contributed by atoms with van der Waals surface area (Å²) in [5.74, 6) is 1.54. The third kappa shape index (κ3) is 4.70. The number of hydrogen-bond donors (Lipinski definition) is 1. The Kier molecular flexibility index (Phi) is 5.65. The highest BCUT2D eigenvalue weighted by molar-refractivity contribution is 7.11. The van der Waals surface area contributed by atoms with Crippen LogP contribution in [-0.2, 0) is 0 Å². The molecule has 0 bridgehead atoms. The van der Waals surface area contributed by atoms with E-state index in [1.165, 1.54) is 11.3 Å². The fourth-order valence-electron chi connectivity index (χ4n) is 2.68. The van der Waals surface area contributed by atoms with Gasteiger partial charge in [-0.25, -0.2) is 4.98 Å². The van der Waals surface area contributed by atoms with Crippen LogP contribution in [0.4, 0.5) is 5.69 Å². The number of para-hydroxylation sites is 1. The van der Waals surface area contributed by atoms with Gasteiger partial charge in [0.25, 0.3) is 0 Å². The van der Waals surface area contributed by atoms with Crippen LogP contribution in [0.3, 0.4) is 0 Å². The number of allylic oxidation sites excluding steroid dienone is 1. The van der Waals surface area contributed by atoms with Crippen LogP contribution in [0.1, 0.15) is 5.01 Å². The van der Waals surface area contributed by atoms with Crippen LogP contribution in [0.2, 0.25) is 0 Å². The molecular formula is C24H17N3OS. The van der Waals surface area contributed by atoms with Crippen molar-refractivity contribution in [2.45, 2.75) is 0 Å². The molecule has 4 aromatic rings. The highest BCUT2D eigenvalue weighted by Gasteiger charge is 2.08. The number of anilines is 1. The van der Waals surface area contributed by atoms with Crippen molar-refractivity contribution in [2.24, 2.45) is 0 Å². The fourth-order valence-corrected chi connectivity index (χ4v) is 3.47. The van der Waals surface area contributed by atoms with Gasteiger partial charge in [-0.3, -0.25) is 0 Å². The molecule has 0 spiro atoms. The summed E-state index contributed by atoms with van der Waals surface area (Å²) in [4.78, 5) is 4.59. The van der Waals surface area contributed by atoms with Crippen LogP contribution in [0.15, 0.2) is 96.5 Å². The van der Waals surface area contributed by atoms with Crippen molar-refractivity contribution >= 4 is 22.6 Å². The molecule has 0 saturated heterocycles. The minimum atomic E-state index is 0.488. The Balaban J connectivity index is 1.45. The van der Waals surface area contributed by atoms with Crippen molar-refractivity contribution in [3.8, 4) is 28.8 Å². The molecule has 0 atom stereocenters. The van der Waals surface area contributed by atoms with E-state index in [0.29, 0.717) is 10.6 Å². The first-order chi connectivity index (χ1) is 14.3. The highest BCUT2D eigenvalue weighted by atomic mass is 32.1. The molecule has 4 nitrogen and oxygen atoms in total. The molecule has 0 amide bonds. The van der Waals surface area contributed by atoms with Crippen molar-refractivity contribution in [3.63, 3.8) is 0 Å². The molecule has 1 N–H and O–H groups in total. The molecule has 3 aromatic carbocycles. The number of hydrogen-bond acceptors (Lipinski definition) is 5. The average Bonchev–Trinajstić information content (AvgIpc) is 3.27. The van der Waals surface area contributed by atoms with Gasteiger partial charge in [0.2, 0.25) is 0 Å². The maximum Gasteiger partial charge on any atom is 0.136 e. The number of rotatable bonds is 6. The zero-order chi connectivity index (χ0) is 19.9. The Morgan fingerprint density at radius 1 is 0.897 bits per heavy atom. The van der Waals surface area contributed by atoms with Gasteiger partial charge in [0, 0.05) is 22.8 Å². The van der Waals surface area contributed by atoms with E-state index in [1.54, 1.807) is 6.20 Å². The number of nitrogens with zero attached hydrogens (tertiary/aromatic N) is 2.